The number of aromatic nitrogens is 1. The lowest BCUT2D eigenvalue weighted by Gasteiger charge is -2.27. The standard InChI is InChI=1S/C25H30N6O3S/c1-30(2)21-10-9-17(15-26-21)16-27-23(33)18-7-6-8-19(13-18)28-22(32)14-20-24(34)29-25(35-20)31-11-4-3-5-12-31/h6-10,13,15,20H,3-5,11-12,14,16H2,1-2H3,(H,27,33)(H,28,32). The average Bonchev–Trinajstić information content (AvgIpc) is 3.23. The molecule has 0 bridgehead atoms. The summed E-state index contributed by atoms with van der Waals surface area (Å²) in [7, 11) is 3.83. The van der Waals surface area contributed by atoms with Crippen molar-refractivity contribution in [3.05, 3.63) is 53.7 Å². The lowest BCUT2D eigenvalue weighted by atomic mass is 10.1. The number of hydrogen-bond donors (Lipinski definition) is 2. The summed E-state index contributed by atoms with van der Waals surface area (Å²) in [6, 6.07) is 10.6. The molecule has 2 N–H and O–H groups in total. The van der Waals surface area contributed by atoms with Crippen molar-refractivity contribution in [3.63, 3.8) is 0 Å². The van der Waals surface area contributed by atoms with Crippen LogP contribution in [0.2, 0.25) is 0 Å². The van der Waals surface area contributed by atoms with Gasteiger partial charge in [0.15, 0.2) is 5.17 Å². The fraction of sp³-hybridized carbons (Fsp3) is 0.400. The molecule has 184 valence electrons. The summed E-state index contributed by atoms with van der Waals surface area (Å²) in [5, 5.41) is 5.90. The molecule has 1 fully saturated rings. The smallest absolute Gasteiger partial charge is 0.262 e. The van der Waals surface area contributed by atoms with Gasteiger partial charge in [-0.15, -0.1) is 0 Å². The largest absolute Gasteiger partial charge is 0.363 e. The number of carbonyl (C=O) groups excluding carboxylic acids is 3. The number of nitrogens with zero attached hydrogens (tertiary/aromatic N) is 4. The lowest BCUT2D eigenvalue weighted by molar-refractivity contribution is -0.121. The normalized spacial score (nSPS) is 17.7. The molecule has 1 atom stereocenters. The number of hydrogen-bond acceptors (Lipinski definition) is 7. The maximum Gasteiger partial charge on any atom is 0.262 e. The first-order valence-electron chi connectivity index (χ1n) is 11.7. The van der Waals surface area contributed by atoms with E-state index >= 15 is 0 Å². The van der Waals surface area contributed by atoms with E-state index in [-0.39, 0.29) is 24.1 Å². The van der Waals surface area contributed by atoms with Gasteiger partial charge in [-0.25, -0.2) is 4.98 Å². The van der Waals surface area contributed by atoms with E-state index in [0.717, 1.165) is 42.5 Å². The molecule has 1 saturated heterocycles. The molecule has 0 spiro atoms. The SMILES string of the molecule is CN(C)c1ccc(CNC(=O)c2cccc(NC(=O)CC3SC(N4CCCCC4)=NC3=O)c2)cn1. The van der Waals surface area contributed by atoms with Gasteiger partial charge in [0.2, 0.25) is 5.91 Å². The monoisotopic (exact) mass is 494 g/mol. The van der Waals surface area contributed by atoms with Crippen LogP contribution in [0.5, 0.6) is 0 Å². The van der Waals surface area contributed by atoms with E-state index in [1.807, 2.05) is 31.1 Å². The van der Waals surface area contributed by atoms with Gasteiger partial charge in [-0.3, -0.25) is 14.4 Å². The van der Waals surface area contributed by atoms with E-state index < -0.39 is 5.25 Å². The molecule has 2 aliphatic rings. The van der Waals surface area contributed by atoms with Crippen LogP contribution in [0.1, 0.15) is 41.6 Å². The number of carbonyl (C=O) groups is 3. The van der Waals surface area contributed by atoms with Crippen molar-refractivity contribution in [2.45, 2.75) is 37.5 Å². The number of nitrogens with one attached hydrogen (secondary N) is 2. The Kier molecular flexibility index (Phi) is 8.02. The second-order valence-corrected chi connectivity index (χ2v) is 9.99. The topological polar surface area (TPSA) is 107 Å². The molecule has 10 heteroatoms. The molecular weight excluding hydrogens is 464 g/mol. The Hall–Kier alpha value is -3.40. The molecule has 0 saturated carbocycles. The molecule has 2 aromatic rings. The second kappa shape index (κ2) is 11.4. The Morgan fingerprint density at radius 2 is 1.94 bits per heavy atom. The predicted molar refractivity (Wildman–Crippen MR) is 139 cm³/mol. The Bertz CT molecular complexity index is 1110. The quantitative estimate of drug-likeness (QED) is 0.609. The summed E-state index contributed by atoms with van der Waals surface area (Å²) in [4.78, 5) is 50.1. The highest BCUT2D eigenvalue weighted by Crippen LogP contribution is 2.29. The third-order valence-corrected chi connectivity index (χ3v) is 7.07. The highest BCUT2D eigenvalue weighted by atomic mass is 32.2. The first-order valence-corrected chi connectivity index (χ1v) is 12.6. The summed E-state index contributed by atoms with van der Waals surface area (Å²) in [5.41, 5.74) is 1.83. The van der Waals surface area contributed by atoms with Crippen LogP contribution in [0.15, 0.2) is 47.6 Å². The predicted octanol–water partition coefficient (Wildman–Crippen LogP) is 2.89. The molecule has 4 rings (SSSR count). The number of anilines is 2. The number of amides is 3. The van der Waals surface area contributed by atoms with Gasteiger partial charge < -0.3 is 20.4 Å². The summed E-state index contributed by atoms with van der Waals surface area (Å²) < 4.78 is 0. The van der Waals surface area contributed by atoms with Gasteiger partial charge in [0.1, 0.15) is 11.1 Å². The van der Waals surface area contributed by atoms with E-state index in [1.54, 1.807) is 30.5 Å². The van der Waals surface area contributed by atoms with Crippen molar-refractivity contribution in [2.75, 3.05) is 37.4 Å². The van der Waals surface area contributed by atoms with Crippen molar-refractivity contribution in [1.29, 1.82) is 0 Å². The number of rotatable bonds is 7. The molecule has 1 aromatic heterocycles. The van der Waals surface area contributed by atoms with Gasteiger partial charge in [-0.2, -0.15) is 4.99 Å². The van der Waals surface area contributed by atoms with Gasteiger partial charge >= 0.3 is 0 Å². The van der Waals surface area contributed by atoms with Gasteiger partial charge in [-0.1, -0.05) is 23.9 Å². The fourth-order valence-corrected chi connectivity index (χ4v) is 5.04. The summed E-state index contributed by atoms with van der Waals surface area (Å²) in [6.45, 7) is 2.16. The van der Waals surface area contributed by atoms with Crippen LogP contribution in [-0.4, -0.2) is 65.2 Å². The van der Waals surface area contributed by atoms with Crippen molar-refractivity contribution < 1.29 is 14.4 Å². The molecule has 35 heavy (non-hydrogen) atoms. The number of benzene rings is 1. The Morgan fingerprint density at radius 1 is 1.14 bits per heavy atom. The maximum atomic E-state index is 12.6. The summed E-state index contributed by atoms with van der Waals surface area (Å²) >= 11 is 1.37. The maximum absolute atomic E-state index is 12.6. The molecule has 9 nitrogen and oxygen atoms in total. The molecule has 0 radical (unpaired) electrons. The molecule has 0 aliphatic carbocycles. The van der Waals surface area contributed by atoms with Gasteiger partial charge in [0, 0.05) is 57.6 Å². The summed E-state index contributed by atoms with van der Waals surface area (Å²) in [6.07, 6.45) is 5.17. The Labute approximate surface area is 209 Å². The van der Waals surface area contributed by atoms with E-state index in [2.05, 4.69) is 25.5 Å². The van der Waals surface area contributed by atoms with Crippen molar-refractivity contribution >= 4 is 46.2 Å². The minimum atomic E-state index is -0.508. The molecule has 3 heterocycles. The first-order chi connectivity index (χ1) is 16.9. The van der Waals surface area contributed by atoms with Crippen LogP contribution in [0.3, 0.4) is 0 Å². The highest BCUT2D eigenvalue weighted by Gasteiger charge is 2.33. The van der Waals surface area contributed by atoms with Crippen LogP contribution in [-0.2, 0) is 16.1 Å². The number of thioether (sulfide) groups is 1. The van der Waals surface area contributed by atoms with Crippen molar-refractivity contribution in [3.8, 4) is 0 Å². The van der Waals surface area contributed by atoms with Crippen LogP contribution in [0.4, 0.5) is 11.5 Å². The van der Waals surface area contributed by atoms with E-state index in [1.165, 1.54) is 18.2 Å². The number of pyridine rings is 1. The number of aliphatic imine (C=N–C) groups is 1. The van der Waals surface area contributed by atoms with E-state index in [4.69, 9.17) is 0 Å². The third-order valence-electron chi connectivity index (χ3n) is 5.86. The minimum Gasteiger partial charge on any atom is -0.363 e. The summed E-state index contributed by atoms with van der Waals surface area (Å²) in [5.74, 6) is 0.0527. The van der Waals surface area contributed by atoms with Crippen LogP contribution >= 0.6 is 11.8 Å². The minimum absolute atomic E-state index is 0.0384. The molecule has 1 aromatic carbocycles. The lowest BCUT2D eigenvalue weighted by Crippen LogP contribution is -2.33. The molecular formula is C25H30N6O3S. The third kappa shape index (κ3) is 6.60. The molecule has 3 amide bonds. The van der Waals surface area contributed by atoms with Gasteiger partial charge in [0.25, 0.3) is 11.8 Å². The highest BCUT2D eigenvalue weighted by molar-refractivity contribution is 8.15. The Balaban J connectivity index is 1.28. The zero-order valence-electron chi connectivity index (χ0n) is 20.0. The van der Waals surface area contributed by atoms with Gasteiger partial charge in [0.05, 0.1) is 0 Å². The Morgan fingerprint density at radius 3 is 2.66 bits per heavy atom. The second-order valence-electron chi connectivity index (χ2n) is 8.82. The van der Waals surface area contributed by atoms with Gasteiger partial charge in [-0.05, 0) is 49.1 Å². The van der Waals surface area contributed by atoms with Crippen LogP contribution in [0, 0.1) is 0 Å². The molecule has 1 unspecified atom stereocenters. The first kappa shape index (κ1) is 24.7. The number of piperidine rings is 1. The van der Waals surface area contributed by atoms with Crippen molar-refractivity contribution in [2.24, 2.45) is 4.99 Å². The van der Waals surface area contributed by atoms with Crippen LogP contribution in [0.25, 0.3) is 0 Å². The zero-order chi connectivity index (χ0) is 24.8. The zero-order valence-corrected chi connectivity index (χ0v) is 20.8. The van der Waals surface area contributed by atoms with E-state index in [9.17, 15) is 14.4 Å². The molecule has 2 aliphatic heterocycles. The fourth-order valence-electron chi connectivity index (χ4n) is 3.92. The van der Waals surface area contributed by atoms with Crippen molar-refractivity contribution in [1.82, 2.24) is 15.2 Å². The number of likely N-dealkylation sites (tertiary alicyclic amines) is 1. The number of amidine groups is 1. The van der Waals surface area contributed by atoms with Crippen LogP contribution < -0.4 is 15.5 Å². The van der Waals surface area contributed by atoms with E-state index in [0.29, 0.717) is 17.8 Å². The average molecular weight is 495 g/mol.